The number of aliphatic hydroxyl groups is 3. The van der Waals surface area contributed by atoms with Crippen molar-refractivity contribution in [2.24, 2.45) is 11.8 Å². The maximum atomic E-state index is 12.4. The minimum atomic E-state index is -0.838. The van der Waals surface area contributed by atoms with Gasteiger partial charge in [0.25, 0.3) is 0 Å². The number of carbonyl (C=O) groups is 3. The molecule has 0 spiro atoms. The molecule has 0 heterocycles. The monoisotopic (exact) mass is 624 g/mol. The quantitative estimate of drug-likeness (QED) is 0.0475. The van der Waals surface area contributed by atoms with Crippen LogP contribution in [0.25, 0.3) is 0 Å². The first-order valence-electron chi connectivity index (χ1n) is 17.8. The van der Waals surface area contributed by atoms with Crippen molar-refractivity contribution in [3.63, 3.8) is 0 Å². The van der Waals surface area contributed by atoms with Gasteiger partial charge in [0.05, 0.1) is 18.8 Å². The van der Waals surface area contributed by atoms with Crippen molar-refractivity contribution in [3.05, 3.63) is 12.2 Å². The Morgan fingerprint density at radius 2 is 1.36 bits per heavy atom. The minimum Gasteiger partial charge on any atom is -0.462 e. The summed E-state index contributed by atoms with van der Waals surface area (Å²) in [7, 11) is 0. The van der Waals surface area contributed by atoms with E-state index in [0.717, 1.165) is 64.2 Å². The van der Waals surface area contributed by atoms with Crippen molar-refractivity contribution in [3.8, 4) is 0 Å². The molecule has 1 fully saturated rings. The average molecular weight is 625 g/mol. The zero-order chi connectivity index (χ0) is 32.4. The Balaban J connectivity index is 2.15. The third-order valence-electron chi connectivity index (χ3n) is 8.72. The first-order valence-corrected chi connectivity index (χ1v) is 17.8. The summed E-state index contributed by atoms with van der Waals surface area (Å²) in [5, 5.41) is 30.1. The lowest BCUT2D eigenvalue weighted by Crippen LogP contribution is -2.28. The number of aliphatic hydroxyl groups excluding tert-OH is 3. The van der Waals surface area contributed by atoms with Crippen molar-refractivity contribution in [1.29, 1.82) is 0 Å². The van der Waals surface area contributed by atoms with Gasteiger partial charge in [-0.25, -0.2) is 0 Å². The highest BCUT2D eigenvalue weighted by Crippen LogP contribution is 2.34. The van der Waals surface area contributed by atoms with E-state index in [2.05, 4.69) is 13.8 Å². The number of hydrogen-bond donors (Lipinski definition) is 3. The Morgan fingerprint density at radius 1 is 0.818 bits per heavy atom. The molecule has 1 saturated carbocycles. The molecule has 1 aliphatic rings. The number of hydrogen-bond acceptors (Lipinski definition) is 8. The van der Waals surface area contributed by atoms with Crippen LogP contribution in [0.2, 0.25) is 0 Å². The number of ether oxygens (including phenoxy) is 2. The maximum absolute atomic E-state index is 12.4. The SMILES string of the molecule is CCCCCCCCCCCCC(=O)O[C@@H](CO)COC(=O)CCCCCC[C@H]1[C@@H](O)CC(=O)[C@@H]1/C=C/[C@@H](O)CCCCC. The zero-order valence-electron chi connectivity index (χ0n) is 27.9. The number of esters is 2. The highest BCUT2D eigenvalue weighted by Gasteiger charge is 2.39. The summed E-state index contributed by atoms with van der Waals surface area (Å²) in [4.78, 5) is 36.7. The Morgan fingerprint density at radius 3 is 1.98 bits per heavy atom. The van der Waals surface area contributed by atoms with Crippen LogP contribution in [0.15, 0.2) is 12.2 Å². The number of Topliss-reactive ketones (excluding diaryl/α,β-unsaturated/α-hetero) is 1. The molecule has 0 bridgehead atoms. The second-order valence-corrected chi connectivity index (χ2v) is 12.7. The summed E-state index contributed by atoms with van der Waals surface area (Å²) in [6.45, 7) is 3.81. The van der Waals surface area contributed by atoms with Gasteiger partial charge in [0, 0.05) is 25.2 Å². The van der Waals surface area contributed by atoms with E-state index in [1.807, 2.05) is 0 Å². The van der Waals surface area contributed by atoms with Gasteiger partial charge in [-0.05, 0) is 31.6 Å². The fraction of sp³-hybridized carbons (Fsp3) is 0.861. The number of rotatable bonds is 28. The standard InChI is InChI=1S/C36H64O8/c1-3-5-7-8-9-10-11-12-13-19-23-36(42)44-30(27-37)28-43-35(41)22-18-15-14-17-21-31-32(34(40)26-33(31)39)25-24-29(38)20-16-6-4-2/h24-25,29-33,37-39H,3-23,26-28H2,1-2H3/b25-24+/t29-,30-,31+,32+,33-/m0/s1. The highest BCUT2D eigenvalue weighted by molar-refractivity contribution is 5.86. The Hall–Kier alpha value is -1.77. The van der Waals surface area contributed by atoms with Crippen molar-refractivity contribution in [1.82, 2.24) is 0 Å². The van der Waals surface area contributed by atoms with E-state index in [0.29, 0.717) is 19.3 Å². The Kier molecular flexibility index (Phi) is 24.2. The van der Waals surface area contributed by atoms with E-state index in [1.54, 1.807) is 12.2 Å². The van der Waals surface area contributed by atoms with E-state index in [9.17, 15) is 29.7 Å². The van der Waals surface area contributed by atoms with Gasteiger partial charge >= 0.3 is 11.9 Å². The Labute approximate surface area is 267 Å². The molecule has 3 N–H and O–H groups in total. The van der Waals surface area contributed by atoms with Gasteiger partial charge < -0.3 is 24.8 Å². The maximum Gasteiger partial charge on any atom is 0.306 e. The molecule has 0 aromatic heterocycles. The summed E-state index contributed by atoms with van der Waals surface area (Å²) in [6, 6.07) is 0. The topological polar surface area (TPSA) is 130 Å². The predicted molar refractivity (Wildman–Crippen MR) is 174 cm³/mol. The Bertz CT molecular complexity index is 782. The normalized spacial score (nSPS) is 19.8. The molecule has 0 aromatic carbocycles. The first kappa shape index (κ1) is 40.3. The van der Waals surface area contributed by atoms with Gasteiger partial charge in [-0.3, -0.25) is 14.4 Å². The summed E-state index contributed by atoms with van der Waals surface area (Å²) < 4.78 is 10.5. The summed E-state index contributed by atoms with van der Waals surface area (Å²) in [5.74, 6) is -1.18. The fourth-order valence-electron chi connectivity index (χ4n) is 5.93. The van der Waals surface area contributed by atoms with Crippen LogP contribution >= 0.6 is 0 Å². The van der Waals surface area contributed by atoms with Gasteiger partial charge in [0.2, 0.25) is 0 Å². The summed E-state index contributed by atoms with van der Waals surface area (Å²) in [5.41, 5.74) is 0. The molecule has 0 amide bonds. The minimum absolute atomic E-state index is 0.0351. The van der Waals surface area contributed by atoms with Crippen LogP contribution in [0.5, 0.6) is 0 Å². The van der Waals surface area contributed by atoms with Gasteiger partial charge in [0.15, 0.2) is 6.10 Å². The second-order valence-electron chi connectivity index (χ2n) is 12.7. The van der Waals surface area contributed by atoms with E-state index in [1.165, 1.54) is 44.9 Å². The molecule has 1 rings (SSSR count). The molecule has 5 atom stereocenters. The molecule has 8 heteroatoms. The molecule has 8 nitrogen and oxygen atoms in total. The van der Waals surface area contributed by atoms with Crippen molar-refractivity contribution in [2.45, 2.75) is 173 Å². The molecule has 0 radical (unpaired) electrons. The van der Waals surface area contributed by atoms with E-state index in [4.69, 9.17) is 9.47 Å². The molecule has 1 aliphatic carbocycles. The zero-order valence-corrected chi connectivity index (χ0v) is 27.9. The van der Waals surface area contributed by atoms with Crippen molar-refractivity contribution in [2.75, 3.05) is 13.2 Å². The highest BCUT2D eigenvalue weighted by atomic mass is 16.6. The van der Waals surface area contributed by atoms with E-state index in [-0.39, 0.29) is 55.6 Å². The number of unbranched alkanes of at least 4 members (excludes halogenated alkanes) is 14. The van der Waals surface area contributed by atoms with Gasteiger partial charge in [-0.1, -0.05) is 122 Å². The van der Waals surface area contributed by atoms with Crippen LogP contribution in [0.3, 0.4) is 0 Å². The van der Waals surface area contributed by atoms with Gasteiger partial charge in [0.1, 0.15) is 12.4 Å². The molecule has 0 aliphatic heterocycles. The lowest BCUT2D eigenvalue weighted by atomic mass is 9.88. The van der Waals surface area contributed by atoms with Crippen molar-refractivity contribution >= 4 is 17.7 Å². The molecule has 0 aromatic rings. The molecule has 0 unspecified atom stereocenters. The van der Waals surface area contributed by atoms with Crippen LogP contribution in [0.1, 0.15) is 155 Å². The molecule has 44 heavy (non-hydrogen) atoms. The van der Waals surface area contributed by atoms with Crippen molar-refractivity contribution < 1.29 is 39.2 Å². The smallest absolute Gasteiger partial charge is 0.306 e. The third-order valence-corrected chi connectivity index (χ3v) is 8.72. The van der Waals surface area contributed by atoms with Crippen LogP contribution in [0.4, 0.5) is 0 Å². The van der Waals surface area contributed by atoms with E-state index >= 15 is 0 Å². The second kappa shape index (κ2) is 26.4. The molecule has 0 saturated heterocycles. The largest absolute Gasteiger partial charge is 0.462 e. The number of ketones is 1. The predicted octanol–water partition coefficient (Wildman–Crippen LogP) is 7.15. The summed E-state index contributed by atoms with van der Waals surface area (Å²) in [6.07, 6.45) is 21.8. The van der Waals surface area contributed by atoms with Crippen LogP contribution in [0, 0.1) is 11.8 Å². The van der Waals surface area contributed by atoms with Gasteiger partial charge in [-0.15, -0.1) is 0 Å². The average Bonchev–Trinajstić information content (AvgIpc) is 3.27. The number of carbonyl (C=O) groups excluding carboxylic acids is 3. The lowest BCUT2D eigenvalue weighted by molar-refractivity contribution is -0.161. The third kappa shape index (κ3) is 19.6. The van der Waals surface area contributed by atoms with Crippen LogP contribution in [-0.4, -0.2) is 64.6 Å². The first-order chi connectivity index (χ1) is 21.3. The molecule has 256 valence electrons. The fourth-order valence-corrected chi connectivity index (χ4v) is 5.93. The number of allylic oxidation sites excluding steroid dienone is 1. The van der Waals surface area contributed by atoms with E-state index < -0.39 is 18.3 Å². The van der Waals surface area contributed by atoms with Crippen LogP contribution < -0.4 is 0 Å². The lowest BCUT2D eigenvalue weighted by Gasteiger charge is -2.19. The van der Waals surface area contributed by atoms with Crippen LogP contribution in [-0.2, 0) is 23.9 Å². The summed E-state index contributed by atoms with van der Waals surface area (Å²) >= 11 is 0. The van der Waals surface area contributed by atoms with Gasteiger partial charge in [-0.2, -0.15) is 0 Å². The molecular weight excluding hydrogens is 560 g/mol. The molecular formula is C36H64O8.